The zero-order chi connectivity index (χ0) is 17.2. The van der Waals surface area contributed by atoms with E-state index in [4.69, 9.17) is 9.15 Å². The minimum absolute atomic E-state index is 0.0410. The van der Waals surface area contributed by atoms with Crippen LogP contribution in [-0.2, 0) is 4.74 Å². The minimum atomic E-state index is -0.0410. The van der Waals surface area contributed by atoms with Crippen LogP contribution in [0.4, 0.5) is 0 Å². The molecule has 0 atom stereocenters. The lowest BCUT2D eigenvalue weighted by atomic mass is 10.2. The first kappa shape index (κ1) is 18.3. The number of nitrogens with zero attached hydrogens (tertiary/aromatic N) is 3. The van der Waals surface area contributed by atoms with Crippen LogP contribution >= 0.6 is 0 Å². The number of unbranched alkanes of at least 4 members (excludes halogenated alkanes) is 2. The van der Waals surface area contributed by atoms with Crippen LogP contribution in [0.2, 0.25) is 0 Å². The second-order valence-electron chi connectivity index (χ2n) is 5.78. The van der Waals surface area contributed by atoms with Crippen LogP contribution in [0.5, 0.6) is 0 Å². The number of guanidine groups is 1. The van der Waals surface area contributed by atoms with Gasteiger partial charge in [-0.05, 0) is 31.4 Å². The Morgan fingerprint density at radius 3 is 2.62 bits per heavy atom. The van der Waals surface area contributed by atoms with E-state index in [1.165, 1.54) is 6.26 Å². The number of rotatable bonds is 7. The number of methoxy groups -OCH3 is 1. The molecule has 0 unspecified atom stereocenters. The van der Waals surface area contributed by atoms with Gasteiger partial charge in [-0.2, -0.15) is 0 Å². The summed E-state index contributed by atoms with van der Waals surface area (Å²) in [5.41, 5.74) is 0. The van der Waals surface area contributed by atoms with Gasteiger partial charge < -0.3 is 24.3 Å². The molecule has 1 aliphatic heterocycles. The summed E-state index contributed by atoms with van der Waals surface area (Å²) in [4.78, 5) is 20.6. The average molecular weight is 336 g/mol. The molecule has 1 aliphatic rings. The Bertz CT molecular complexity index is 508. The molecular formula is C17H28N4O3. The van der Waals surface area contributed by atoms with Crippen molar-refractivity contribution >= 4 is 11.9 Å². The SMILES string of the molecule is CN=C(NCCCCCOC)N1CCN(C(=O)c2ccco2)CC1. The van der Waals surface area contributed by atoms with E-state index in [9.17, 15) is 4.79 Å². The molecule has 0 aliphatic carbocycles. The highest BCUT2D eigenvalue weighted by molar-refractivity contribution is 5.91. The van der Waals surface area contributed by atoms with Crippen LogP contribution in [0.25, 0.3) is 0 Å². The van der Waals surface area contributed by atoms with Crippen molar-refractivity contribution in [2.24, 2.45) is 4.99 Å². The molecule has 0 bridgehead atoms. The van der Waals surface area contributed by atoms with Crippen LogP contribution in [0.15, 0.2) is 27.8 Å². The average Bonchev–Trinajstić information content (AvgIpc) is 3.15. The highest BCUT2D eigenvalue weighted by atomic mass is 16.5. The predicted octanol–water partition coefficient (Wildman–Crippen LogP) is 1.43. The molecule has 24 heavy (non-hydrogen) atoms. The van der Waals surface area contributed by atoms with Crippen molar-refractivity contribution in [1.29, 1.82) is 0 Å². The number of nitrogens with one attached hydrogen (secondary N) is 1. The molecule has 1 aromatic heterocycles. The number of aliphatic imine (C=N–C) groups is 1. The predicted molar refractivity (Wildman–Crippen MR) is 93.3 cm³/mol. The second-order valence-corrected chi connectivity index (χ2v) is 5.78. The zero-order valence-corrected chi connectivity index (χ0v) is 14.7. The topological polar surface area (TPSA) is 70.3 Å². The largest absolute Gasteiger partial charge is 0.459 e. The number of carbonyl (C=O) groups is 1. The van der Waals surface area contributed by atoms with Gasteiger partial charge in [-0.15, -0.1) is 0 Å². The first-order valence-corrected chi connectivity index (χ1v) is 8.53. The third-order valence-corrected chi connectivity index (χ3v) is 4.12. The Balaban J connectivity index is 1.71. The molecule has 134 valence electrons. The van der Waals surface area contributed by atoms with E-state index in [0.717, 1.165) is 51.5 Å². The minimum Gasteiger partial charge on any atom is -0.459 e. The van der Waals surface area contributed by atoms with Crippen LogP contribution in [-0.4, -0.2) is 75.2 Å². The zero-order valence-electron chi connectivity index (χ0n) is 14.7. The van der Waals surface area contributed by atoms with Crippen molar-refractivity contribution in [1.82, 2.24) is 15.1 Å². The Morgan fingerprint density at radius 1 is 1.25 bits per heavy atom. The van der Waals surface area contributed by atoms with E-state index in [-0.39, 0.29) is 5.91 Å². The van der Waals surface area contributed by atoms with Crippen molar-refractivity contribution in [2.45, 2.75) is 19.3 Å². The van der Waals surface area contributed by atoms with Crippen molar-refractivity contribution in [2.75, 3.05) is 53.5 Å². The number of ether oxygens (including phenoxy) is 1. The van der Waals surface area contributed by atoms with Gasteiger partial charge in [0.1, 0.15) is 0 Å². The maximum absolute atomic E-state index is 12.3. The van der Waals surface area contributed by atoms with Crippen LogP contribution in [0.1, 0.15) is 29.8 Å². The lowest BCUT2D eigenvalue weighted by molar-refractivity contribution is 0.0657. The van der Waals surface area contributed by atoms with Gasteiger partial charge in [0.25, 0.3) is 5.91 Å². The summed E-state index contributed by atoms with van der Waals surface area (Å²) in [6.07, 6.45) is 4.86. The molecule has 1 amide bonds. The van der Waals surface area contributed by atoms with E-state index in [1.807, 2.05) is 4.90 Å². The maximum Gasteiger partial charge on any atom is 0.289 e. The van der Waals surface area contributed by atoms with E-state index in [2.05, 4.69) is 15.2 Å². The van der Waals surface area contributed by atoms with Gasteiger partial charge >= 0.3 is 0 Å². The molecule has 1 aromatic rings. The highest BCUT2D eigenvalue weighted by Gasteiger charge is 2.24. The van der Waals surface area contributed by atoms with Crippen LogP contribution < -0.4 is 5.32 Å². The van der Waals surface area contributed by atoms with Gasteiger partial charge in [0.15, 0.2) is 11.7 Å². The molecule has 0 radical (unpaired) electrons. The Labute approximate surface area is 143 Å². The molecule has 0 spiro atoms. The van der Waals surface area contributed by atoms with Crippen molar-refractivity contribution in [3.05, 3.63) is 24.2 Å². The molecule has 2 heterocycles. The lowest BCUT2D eigenvalue weighted by Gasteiger charge is -2.36. The van der Waals surface area contributed by atoms with Gasteiger partial charge in [0, 0.05) is 53.5 Å². The number of piperazine rings is 1. The third-order valence-electron chi connectivity index (χ3n) is 4.12. The fourth-order valence-corrected chi connectivity index (χ4v) is 2.76. The third kappa shape index (κ3) is 5.26. The van der Waals surface area contributed by atoms with Gasteiger partial charge in [0.2, 0.25) is 0 Å². The first-order valence-electron chi connectivity index (χ1n) is 8.53. The standard InChI is InChI=1S/C17H28N4O3/c1-18-17(19-8-4-3-5-13-23-2)21-11-9-20(10-12-21)16(22)15-7-6-14-24-15/h6-7,14H,3-5,8-13H2,1-2H3,(H,18,19). The Hall–Kier alpha value is -2.02. The summed E-state index contributed by atoms with van der Waals surface area (Å²) >= 11 is 0. The highest BCUT2D eigenvalue weighted by Crippen LogP contribution is 2.09. The van der Waals surface area contributed by atoms with E-state index in [0.29, 0.717) is 18.8 Å². The molecular weight excluding hydrogens is 308 g/mol. The molecule has 1 N–H and O–H groups in total. The first-order chi connectivity index (χ1) is 11.8. The molecule has 1 fully saturated rings. The maximum atomic E-state index is 12.3. The number of hydrogen-bond acceptors (Lipinski definition) is 4. The summed E-state index contributed by atoms with van der Waals surface area (Å²) in [7, 11) is 3.53. The monoisotopic (exact) mass is 336 g/mol. The molecule has 2 rings (SSSR count). The normalized spacial score (nSPS) is 15.7. The Kier molecular flexibility index (Phi) is 7.61. The number of amides is 1. The van der Waals surface area contributed by atoms with Gasteiger partial charge in [-0.1, -0.05) is 0 Å². The van der Waals surface area contributed by atoms with E-state index >= 15 is 0 Å². The number of furan rings is 1. The van der Waals surface area contributed by atoms with Crippen molar-refractivity contribution in [3.63, 3.8) is 0 Å². The smallest absolute Gasteiger partial charge is 0.289 e. The van der Waals surface area contributed by atoms with Gasteiger partial charge in [0.05, 0.1) is 6.26 Å². The molecule has 0 saturated carbocycles. The summed E-state index contributed by atoms with van der Waals surface area (Å²) in [5.74, 6) is 1.27. The van der Waals surface area contributed by atoms with Crippen molar-refractivity contribution < 1.29 is 13.9 Å². The van der Waals surface area contributed by atoms with E-state index < -0.39 is 0 Å². The molecule has 0 aromatic carbocycles. The summed E-state index contributed by atoms with van der Waals surface area (Å²) in [5, 5.41) is 3.40. The fraction of sp³-hybridized carbons (Fsp3) is 0.647. The van der Waals surface area contributed by atoms with Crippen molar-refractivity contribution in [3.8, 4) is 0 Å². The van der Waals surface area contributed by atoms with Crippen LogP contribution in [0.3, 0.4) is 0 Å². The summed E-state index contributed by atoms with van der Waals surface area (Å²) in [6, 6.07) is 3.45. The molecule has 7 nitrogen and oxygen atoms in total. The molecule has 7 heteroatoms. The molecule has 1 saturated heterocycles. The van der Waals surface area contributed by atoms with E-state index in [1.54, 1.807) is 26.3 Å². The summed E-state index contributed by atoms with van der Waals surface area (Å²) in [6.45, 7) is 4.62. The van der Waals surface area contributed by atoms with Crippen LogP contribution in [0, 0.1) is 0 Å². The second kappa shape index (κ2) is 9.97. The number of hydrogen-bond donors (Lipinski definition) is 1. The van der Waals surface area contributed by atoms with Gasteiger partial charge in [-0.25, -0.2) is 0 Å². The lowest BCUT2D eigenvalue weighted by Crippen LogP contribution is -2.53. The summed E-state index contributed by atoms with van der Waals surface area (Å²) < 4.78 is 10.2. The van der Waals surface area contributed by atoms with Gasteiger partial charge in [-0.3, -0.25) is 9.79 Å². The Morgan fingerprint density at radius 2 is 2.00 bits per heavy atom. The number of carbonyl (C=O) groups excluding carboxylic acids is 1. The fourth-order valence-electron chi connectivity index (χ4n) is 2.76. The quantitative estimate of drug-likeness (QED) is 0.463.